The number of likely N-dealkylation sites (tertiary alicyclic amines) is 1. The molecule has 9 nitrogen and oxygen atoms in total. The number of nitrogens with one attached hydrogen (secondary N) is 2. The molecular formula is C18H35N5O4S2. The van der Waals surface area contributed by atoms with Crippen molar-refractivity contribution in [2.75, 3.05) is 57.0 Å². The molecule has 2 fully saturated rings. The number of rotatable bonds is 5. The van der Waals surface area contributed by atoms with Gasteiger partial charge in [0.2, 0.25) is 10.0 Å². The summed E-state index contributed by atoms with van der Waals surface area (Å²) in [5.74, 6) is 2.29. The summed E-state index contributed by atoms with van der Waals surface area (Å²) in [4.78, 5) is 18.2. The Labute approximate surface area is 179 Å². The Hall–Kier alpha value is -1.20. The number of thioether (sulfide) groups is 1. The molecule has 1 unspecified atom stereocenters. The molecule has 2 heterocycles. The molecule has 29 heavy (non-hydrogen) atoms. The smallest absolute Gasteiger partial charge is 0.410 e. The summed E-state index contributed by atoms with van der Waals surface area (Å²) in [7, 11) is -1.60. The highest BCUT2D eigenvalue weighted by molar-refractivity contribution is 7.99. The number of ether oxygens (including phenoxy) is 1. The van der Waals surface area contributed by atoms with Crippen molar-refractivity contribution in [2.24, 2.45) is 4.99 Å². The van der Waals surface area contributed by atoms with Gasteiger partial charge in [0.05, 0.1) is 5.75 Å². The molecule has 0 aromatic heterocycles. The van der Waals surface area contributed by atoms with Gasteiger partial charge in [0.25, 0.3) is 0 Å². The number of hydrogen-bond acceptors (Lipinski definition) is 6. The molecular weight excluding hydrogens is 414 g/mol. The average molecular weight is 450 g/mol. The van der Waals surface area contributed by atoms with E-state index >= 15 is 0 Å². The minimum absolute atomic E-state index is 0.0348. The van der Waals surface area contributed by atoms with Crippen LogP contribution >= 0.6 is 11.8 Å². The predicted octanol–water partition coefficient (Wildman–Crippen LogP) is 0.930. The monoisotopic (exact) mass is 449 g/mol. The number of amides is 1. The Morgan fingerprint density at radius 2 is 1.93 bits per heavy atom. The maximum absolute atomic E-state index is 12.4. The Kier molecular flexibility index (Phi) is 8.90. The first-order chi connectivity index (χ1) is 13.6. The van der Waals surface area contributed by atoms with Crippen LogP contribution in [0.25, 0.3) is 0 Å². The largest absolute Gasteiger partial charge is 0.444 e. The van der Waals surface area contributed by atoms with Crippen LogP contribution in [0, 0.1) is 0 Å². The number of carbonyl (C=O) groups excluding carboxylic acids is 1. The summed E-state index contributed by atoms with van der Waals surface area (Å²) in [6.45, 7) is 8.22. The van der Waals surface area contributed by atoms with E-state index in [2.05, 4.69) is 15.6 Å². The molecule has 2 saturated heterocycles. The van der Waals surface area contributed by atoms with Gasteiger partial charge in [0.15, 0.2) is 5.96 Å². The first-order valence-corrected chi connectivity index (χ1v) is 12.9. The van der Waals surface area contributed by atoms with Crippen molar-refractivity contribution in [1.82, 2.24) is 19.8 Å². The molecule has 1 amide bonds. The second-order valence-corrected chi connectivity index (χ2v) is 11.5. The lowest BCUT2D eigenvalue weighted by atomic mass is 10.1. The van der Waals surface area contributed by atoms with E-state index in [4.69, 9.17) is 4.74 Å². The van der Waals surface area contributed by atoms with Crippen LogP contribution in [0.3, 0.4) is 0 Å². The normalized spacial score (nSPS) is 22.3. The fourth-order valence-corrected chi connectivity index (χ4v) is 5.72. The van der Waals surface area contributed by atoms with E-state index in [-0.39, 0.29) is 24.4 Å². The summed E-state index contributed by atoms with van der Waals surface area (Å²) in [5, 5.41) is 6.38. The first-order valence-electron chi connectivity index (χ1n) is 10.1. The van der Waals surface area contributed by atoms with Gasteiger partial charge < -0.3 is 20.3 Å². The highest BCUT2D eigenvalue weighted by Crippen LogP contribution is 2.16. The van der Waals surface area contributed by atoms with Crippen molar-refractivity contribution >= 4 is 33.8 Å². The number of aliphatic imine (C=N–C) groups is 1. The van der Waals surface area contributed by atoms with Crippen LogP contribution in [0.5, 0.6) is 0 Å². The van der Waals surface area contributed by atoms with E-state index in [0.717, 1.165) is 24.3 Å². The molecule has 0 radical (unpaired) electrons. The minimum atomic E-state index is -3.25. The van der Waals surface area contributed by atoms with Crippen molar-refractivity contribution in [3.05, 3.63) is 0 Å². The van der Waals surface area contributed by atoms with Gasteiger partial charge in [-0.3, -0.25) is 4.99 Å². The van der Waals surface area contributed by atoms with Gasteiger partial charge in [-0.15, -0.1) is 0 Å². The zero-order valence-electron chi connectivity index (χ0n) is 17.9. The Balaban J connectivity index is 1.79. The van der Waals surface area contributed by atoms with E-state index < -0.39 is 15.6 Å². The van der Waals surface area contributed by atoms with Crippen molar-refractivity contribution in [3.63, 3.8) is 0 Å². The second-order valence-electron chi connectivity index (χ2n) is 8.24. The number of nitrogens with zero attached hydrogens (tertiary/aromatic N) is 3. The van der Waals surface area contributed by atoms with Gasteiger partial charge in [0, 0.05) is 57.3 Å². The van der Waals surface area contributed by atoms with E-state index in [1.165, 1.54) is 0 Å². The number of guanidine groups is 1. The van der Waals surface area contributed by atoms with Crippen LogP contribution in [0.2, 0.25) is 0 Å². The van der Waals surface area contributed by atoms with E-state index in [1.54, 1.807) is 28.0 Å². The molecule has 0 aromatic carbocycles. The fraction of sp³-hybridized carbons (Fsp3) is 0.889. The molecule has 2 aliphatic rings. The summed E-state index contributed by atoms with van der Waals surface area (Å²) >= 11 is 1.78. The van der Waals surface area contributed by atoms with Crippen LogP contribution in [-0.4, -0.2) is 98.3 Å². The van der Waals surface area contributed by atoms with Gasteiger partial charge in [-0.25, -0.2) is 17.5 Å². The second kappa shape index (κ2) is 10.7. The molecule has 0 saturated carbocycles. The predicted molar refractivity (Wildman–Crippen MR) is 118 cm³/mol. The molecule has 11 heteroatoms. The topological polar surface area (TPSA) is 103 Å². The summed E-state index contributed by atoms with van der Waals surface area (Å²) in [6, 6.07) is 0.0400. The maximum atomic E-state index is 12.4. The number of hydrogen-bond donors (Lipinski definition) is 2. The zero-order chi connectivity index (χ0) is 21.5. The molecule has 168 valence electrons. The van der Waals surface area contributed by atoms with Crippen LogP contribution in [0.1, 0.15) is 33.6 Å². The Bertz CT molecular complexity index is 672. The lowest BCUT2D eigenvalue weighted by Gasteiger charge is -2.35. The molecule has 1 atom stereocenters. The van der Waals surface area contributed by atoms with Crippen molar-refractivity contribution < 1.29 is 17.9 Å². The summed E-state index contributed by atoms with van der Waals surface area (Å²) in [6.07, 6.45) is 1.47. The molecule has 0 spiro atoms. The van der Waals surface area contributed by atoms with E-state index in [0.29, 0.717) is 32.1 Å². The Morgan fingerprint density at radius 1 is 1.24 bits per heavy atom. The third-order valence-electron chi connectivity index (χ3n) is 4.65. The highest BCUT2D eigenvalue weighted by Gasteiger charge is 2.28. The van der Waals surface area contributed by atoms with Crippen LogP contribution in [0.4, 0.5) is 4.79 Å². The quantitative estimate of drug-likeness (QED) is 0.475. The molecule has 0 aliphatic carbocycles. The number of piperidine rings is 1. The van der Waals surface area contributed by atoms with Gasteiger partial charge in [0.1, 0.15) is 5.60 Å². The molecule has 2 aliphatic heterocycles. The third-order valence-corrected chi connectivity index (χ3v) is 7.47. The molecule has 0 aromatic rings. The van der Waals surface area contributed by atoms with E-state index in [9.17, 15) is 13.2 Å². The van der Waals surface area contributed by atoms with E-state index in [1.807, 2.05) is 20.8 Å². The van der Waals surface area contributed by atoms with Gasteiger partial charge in [-0.05, 0) is 33.6 Å². The first kappa shape index (κ1) is 24.1. The lowest BCUT2D eigenvalue weighted by Crippen LogP contribution is -2.53. The summed E-state index contributed by atoms with van der Waals surface area (Å²) in [5.41, 5.74) is -0.520. The van der Waals surface area contributed by atoms with Gasteiger partial charge in [-0.1, -0.05) is 0 Å². The third kappa shape index (κ3) is 8.21. The van der Waals surface area contributed by atoms with Gasteiger partial charge in [-0.2, -0.15) is 11.8 Å². The molecule has 2 rings (SSSR count). The lowest BCUT2D eigenvalue weighted by molar-refractivity contribution is 0.0193. The average Bonchev–Trinajstić information content (AvgIpc) is 2.66. The highest BCUT2D eigenvalue weighted by atomic mass is 32.2. The van der Waals surface area contributed by atoms with Crippen molar-refractivity contribution in [2.45, 2.75) is 45.3 Å². The van der Waals surface area contributed by atoms with Crippen LogP contribution < -0.4 is 10.6 Å². The maximum Gasteiger partial charge on any atom is 0.410 e. The SMILES string of the molecule is CN=C(NCCS(=O)(=O)N1CCSCC1)NC1CCCN(C(=O)OC(C)(C)C)C1. The molecule has 0 bridgehead atoms. The zero-order valence-corrected chi connectivity index (χ0v) is 19.6. The van der Waals surface area contributed by atoms with Crippen molar-refractivity contribution in [1.29, 1.82) is 0 Å². The fourth-order valence-electron chi connectivity index (χ4n) is 3.23. The molecule has 2 N–H and O–H groups in total. The van der Waals surface area contributed by atoms with Crippen LogP contribution in [0.15, 0.2) is 4.99 Å². The number of sulfonamides is 1. The van der Waals surface area contributed by atoms with Crippen molar-refractivity contribution in [3.8, 4) is 0 Å². The van der Waals surface area contributed by atoms with Crippen LogP contribution in [-0.2, 0) is 14.8 Å². The van der Waals surface area contributed by atoms with Gasteiger partial charge >= 0.3 is 6.09 Å². The minimum Gasteiger partial charge on any atom is -0.444 e. The number of carbonyl (C=O) groups is 1. The standard InChI is InChI=1S/C18H35N5O4S2/c1-18(2,3)27-17(24)22-8-5-6-15(14-22)21-16(19-4)20-7-13-29(25,26)23-9-11-28-12-10-23/h15H,5-14H2,1-4H3,(H2,19,20,21). The Morgan fingerprint density at radius 3 is 2.55 bits per heavy atom. The summed E-state index contributed by atoms with van der Waals surface area (Å²) < 4.78 is 31.9.